The van der Waals surface area contributed by atoms with Gasteiger partial charge in [-0.1, -0.05) is 18.2 Å². The minimum atomic E-state index is -3.47. The van der Waals surface area contributed by atoms with Crippen LogP contribution in [0.2, 0.25) is 0 Å². The number of ether oxygens (including phenoxy) is 1. The Morgan fingerprint density at radius 2 is 1.71 bits per heavy atom. The van der Waals surface area contributed by atoms with Crippen LogP contribution in [0.15, 0.2) is 59.5 Å². The first kappa shape index (κ1) is 19.0. The average molecular weight is 399 g/mol. The number of nitrogens with one attached hydrogen (secondary N) is 1. The maximum absolute atomic E-state index is 13.0. The molecule has 2 heterocycles. The Kier molecular flexibility index (Phi) is 5.17. The van der Waals surface area contributed by atoms with Crippen LogP contribution in [0.3, 0.4) is 0 Å². The third-order valence-electron chi connectivity index (χ3n) is 5.28. The van der Waals surface area contributed by atoms with Gasteiger partial charge < -0.3 is 9.72 Å². The Morgan fingerprint density at radius 3 is 2.36 bits per heavy atom. The Morgan fingerprint density at radius 1 is 1.04 bits per heavy atom. The SMILES string of the molecule is CC(C)Oc1ccc(S(=O)(=O)N2CCC(c3cc4ccccc4[nH]3)CC2)cc1. The van der Waals surface area contributed by atoms with Gasteiger partial charge in [0, 0.05) is 30.2 Å². The average Bonchev–Trinajstić information content (AvgIpc) is 3.12. The molecule has 0 unspecified atom stereocenters. The molecule has 0 saturated carbocycles. The molecule has 0 aliphatic carbocycles. The third-order valence-corrected chi connectivity index (χ3v) is 7.19. The standard InChI is InChI=1S/C22H26N2O3S/c1-16(2)27-19-7-9-20(10-8-19)28(25,26)24-13-11-17(12-14-24)22-15-18-5-3-4-6-21(18)23-22/h3-10,15-17,23H,11-14H2,1-2H3. The molecule has 1 aliphatic heterocycles. The number of aromatic amines is 1. The second-order valence-corrected chi connectivity index (χ2v) is 9.57. The summed E-state index contributed by atoms with van der Waals surface area (Å²) in [6.07, 6.45) is 1.70. The van der Waals surface area contributed by atoms with Gasteiger partial charge >= 0.3 is 0 Å². The molecule has 0 bridgehead atoms. The van der Waals surface area contributed by atoms with Crippen molar-refractivity contribution >= 4 is 20.9 Å². The van der Waals surface area contributed by atoms with Crippen molar-refractivity contribution in [2.45, 2.75) is 43.6 Å². The molecule has 2 aromatic carbocycles. The van der Waals surface area contributed by atoms with E-state index in [1.807, 2.05) is 26.0 Å². The highest BCUT2D eigenvalue weighted by molar-refractivity contribution is 7.89. The fourth-order valence-corrected chi connectivity index (χ4v) is 5.30. The molecule has 0 atom stereocenters. The Hall–Kier alpha value is -2.31. The fourth-order valence-electron chi connectivity index (χ4n) is 3.83. The Balaban J connectivity index is 1.44. The number of fused-ring (bicyclic) bond motifs is 1. The minimum Gasteiger partial charge on any atom is -0.491 e. The molecule has 1 aliphatic rings. The van der Waals surface area contributed by atoms with Gasteiger partial charge in [0.15, 0.2) is 0 Å². The van der Waals surface area contributed by atoms with Crippen LogP contribution < -0.4 is 4.74 Å². The number of benzene rings is 2. The second-order valence-electron chi connectivity index (χ2n) is 7.63. The van der Waals surface area contributed by atoms with Crippen LogP contribution in [-0.2, 0) is 10.0 Å². The van der Waals surface area contributed by atoms with Gasteiger partial charge in [0.2, 0.25) is 10.0 Å². The van der Waals surface area contributed by atoms with Crippen LogP contribution in [0.4, 0.5) is 0 Å². The zero-order chi connectivity index (χ0) is 19.7. The van der Waals surface area contributed by atoms with Crippen molar-refractivity contribution in [2.24, 2.45) is 0 Å². The van der Waals surface area contributed by atoms with Crippen molar-refractivity contribution in [3.8, 4) is 5.75 Å². The molecule has 5 nitrogen and oxygen atoms in total. The van der Waals surface area contributed by atoms with Crippen LogP contribution >= 0.6 is 0 Å². The summed E-state index contributed by atoms with van der Waals surface area (Å²) in [5, 5.41) is 1.20. The van der Waals surface area contributed by atoms with Gasteiger partial charge in [-0.3, -0.25) is 0 Å². The first-order valence-corrected chi connectivity index (χ1v) is 11.2. The lowest BCUT2D eigenvalue weighted by Crippen LogP contribution is -2.37. The van der Waals surface area contributed by atoms with E-state index in [1.165, 1.54) is 11.1 Å². The zero-order valence-electron chi connectivity index (χ0n) is 16.3. The van der Waals surface area contributed by atoms with E-state index < -0.39 is 10.0 Å². The number of piperidine rings is 1. The number of H-pyrrole nitrogens is 1. The van der Waals surface area contributed by atoms with Gasteiger partial charge in [0.05, 0.1) is 11.0 Å². The van der Waals surface area contributed by atoms with Crippen LogP contribution in [0.25, 0.3) is 10.9 Å². The molecule has 1 N–H and O–H groups in total. The number of para-hydroxylation sites is 1. The normalized spacial score (nSPS) is 16.7. The predicted octanol–water partition coefficient (Wildman–Crippen LogP) is 4.52. The summed E-state index contributed by atoms with van der Waals surface area (Å²) in [5.74, 6) is 1.05. The summed E-state index contributed by atoms with van der Waals surface area (Å²) in [4.78, 5) is 3.82. The Labute approximate surface area is 166 Å². The highest BCUT2D eigenvalue weighted by atomic mass is 32.2. The predicted molar refractivity (Wildman–Crippen MR) is 111 cm³/mol. The molecule has 3 aromatic rings. The molecule has 6 heteroatoms. The van der Waals surface area contributed by atoms with Crippen molar-refractivity contribution < 1.29 is 13.2 Å². The molecule has 1 aromatic heterocycles. The quantitative estimate of drug-likeness (QED) is 0.687. The van der Waals surface area contributed by atoms with E-state index in [9.17, 15) is 8.42 Å². The van der Waals surface area contributed by atoms with Gasteiger partial charge in [0.1, 0.15) is 5.75 Å². The van der Waals surface area contributed by atoms with Gasteiger partial charge in [-0.25, -0.2) is 8.42 Å². The number of nitrogens with zero attached hydrogens (tertiary/aromatic N) is 1. The van der Waals surface area contributed by atoms with E-state index in [-0.39, 0.29) is 6.10 Å². The molecule has 1 fully saturated rings. The van der Waals surface area contributed by atoms with Gasteiger partial charge in [-0.2, -0.15) is 4.31 Å². The van der Waals surface area contributed by atoms with Crippen molar-refractivity contribution in [1.82, 2.24) is 9.29 Å². The van der Waals surface area contributed by atoms with Crippen LogP contribution in [0, 0.1) is 0 Å². The van der Waals surface area contributed by atoms with Crippen molar-refractivity contribution in [3.63, 3.8) is 0 Å². The summed E-state index contributed by atoms with van der Waals surface area (Å²) in [7, 11) is -3.47. The van der Waals surface area contributed by atoms with Gasteiger partial charge in [0.25, 0.3) is 0 Å². The molecule has 0 amide bonds. The minimum absolute atomic E-state index is 0.0612. The molecular weight excluding hydrogens is 372 g/mol. The summed E-state index contributed by atoms with van der Waals surface area (Å²) >= 11 is 0. The lowest BCUT2D eigenvalue weighted by Gasteiger charge is -2.30. The van der Waals surface area contributed by atoms with E-state index in [0.717, 1.165) is 18.4 Å². The first-order valence-electron chi connectivity index (χ1n) is 9.78. The highest BCUT2D eigenvalue weighted by Gasteiger charge is 2.30. The van der Waals surface area contributed by atoms with Crippen LogP contribution in [0.1, 0.15) is 38.3 Å². The van der Waals surface area contributed by atoms with Crippen molar-refractivity contribution in [1.29, 1.82) is 0 Å². The molecule has 0 radical (unpaired) electrons. The largest absolute Gasteiger partial charge is 0.491 e. The van der Waals surface area contributed by atoms with E-state index >= 15 is 0 Å². The third kappa shape index (κ3) is 3.80. The molecule has 4 rings (SSSR count). The number of rotatable bonds is 5. The van der Waals surface area contributed by atoms with Crippen molar-refractivity contribution in [2.75, 3.05) is 13.1 Å². The zero-order valence-corrected chi connectivity index (χ0v) is 17.1. The number of sulfonamides is 1. The van der Waals surface area contributed by atoms with Gasteiger partial charge in [-0.05, 0) is 68.5 Å². The van der Waals surface area contributed by atoms with E-state index in [0.29, 0.717) is 29.7 Å². The maximum Gasteiger partial charge on any atom is 0.243 e. The van der Waals surface area contributed by atoms with Crippen LogP contribution in [-0.4, -0.2) is 36.9 Å². The lowest BCUT2D eigenvalue weighted by molar-refractivity contribution is 0.242. The van der Waals surface area contributed by atoms with Gasteiger partial charge in [-0.15, -0.1) is 0 Å². The van der Waals surface area contributed by atoms with Crippen molar-refractivity contribution in [3.05, 3.63) is 60.3 Å². The number of hydrogen-bond donors (Lipinski definition) is 1. The lowest BCUT2D eigenvalue weighted by atomic mass is 9.95. The smallest absolute Gasteiger partial charge is 0.243 e. The molecular formula is C22H26N2O3S. The summed E-state index contributed by atoms with van der Waals surface area (Å²) in [6.45, 7) is 4.96. The second kappa shape index (κ2) is 7.60. The number of hydrogen-bond acceptors (Lipinski definition) is 3. The van der Waals surface area contributed by atoms with E-state index in [2.05, 4.69) is 23.2 Å². The van der Waals surface area contributed by atoms with Crippen LogP contribution in [0.5, 0.6) is 5.75 Å². The summed E-state index contributed by atoms with van der Waals surface area (Å²) in [5.41, 5.74) is 2.34. The van der Waals surface area contributed by atoms with E-state index in [1.54, 1.807) is 28.6 Å². The molecule has 1 saturated heterocycles. The topological polar surface area (TPSA) is 62.4 Å². The maximum atomic E-state index is 13.0. The number of aromatic nitrogens is 1. The monoisotopic (exact) mass is 398 g/mol. The molecule has 148 valence electrons. The molecule has 28 heavy (non-hydrogen) atoms. The highest BCUT2D eigenvalue weighted by Crippen LogP contribution is 2.32. The Bertz CT molecular complexity index is 1010. The van der Waals surface area contributed by atoms with E-state index in [4.69, 9.17) is 4.74 Å². The summed E-state index contributed by atoms with van der Waals surface area (Å²) < 4.78 is 33.2. The summed E-state index contributed by atoms with van der Waals surface area (Å²) in [6, 6.07) is 17.1. The fraction of sp³-hybridized carbons (Fsp3) is 0.364. The molecule has 0 spiro atoms. The first-order chi connectivity index (χ1) is 13.4.